The summed E-state index contributed by atoms with van der Waals surface area (Å²) in [5, 5.41) is 6.39. The molecule has 1 saturated carbocycles. The number of aryl methyl sites for hydroxylation is 1. The summed E-state index contributed by atoms with van der Waals surface area (Å²) in [6.07, 6.45) is 5.37. The predicted molar refractivity (Wildman–Crippen MR) is 82.8 cm³/mol. The smallest absolute Gasteiger partial charge is 0.224 e. The van der Waals surface area contributed by atoms with Crippen LogP contribution in [0.4, 0.5) is 17.1 Å². The van der Waals surface area contributed by atoms with Gasteiger partial charge in [0, 0.05) is 18.7 Å². The molecule has 1 aliphatic heterocycles. The Balaban J connectivity index is 1.72. The molecule has 2 unspecified atom stereocenters. The number of nitrogen functional groups attached to an aromatic ring is 1. The molecule has 108 valence electrons. The minimum Gasteiger partial charge on any atom is -0.397 e. The Morgan fingerprint density at radius 2 is 2.20 bits per heavy atom. The Hall–Kier alpha value is -1.71. The third-order valence-corrected chi connectivity index (χ3v) is 4.76. The van der Waals surface area contributed by atoms with E-state index in [0.717, 1.165) is 41.9 Å². The van der Waals surface area contributed by atoms with Crippen LogP contribution in [0.15, 0.2) is 12.1 Å². The van der Waals surface area contributed by atoms with E-state index in [1.54, 1.807) is 0 Å². The summed E-state index contributed by atoms with van der Waals surface area (Å²) >= 11 is 0. The van der Waals surface area contributed by atoms with Gasteiger partial charge in [0.25, 0.3) is 0 Å². The van der Waals surface area contributed by atoms with Crippen LogP contribution in [0.1, 0.15) is 38.2 Å². The van der Waals surface area contributed by atoms with Gasteiger partial charge in [0.1, 0.15) is 0 Å². The molecule has 0 radical (unpaired) electrons. The molecule has 0 aromatic heterocycles. The predicted octanol–water partition coefficient (Wildman–Crippen LogP) is 3.00. The first-order valence-corrected chi connectivity index (χ1v) is 7.59. The SMILES string of the molecule is CC1CCCC1CNc1cc2c(cc1N)NC(=O)CC2. The molecule has 1 aromatic carbocycles. The van der Waals surface area contributed by atoms with Crippen LogP contribution in [0, 0.1) is 11.8 Å². The fraction of sp³-hybridized carbons (Fsp3) is 0.562. The maximum atomic E-state index is 11.4. The average Bonchev–Trinajstić information content (AvgIpc) is 2.82. The summed E-state index contributed by atoms with van der Waals surface area (Å²) in [5.41, 5.74) is 9.88. The van der Waals surface area contributed by atoms with Crippen molar-refractivity contribution in [3.8, 4) is 0 Å². The van der Waals surface area contributed by atoms with Gasteiger partial charge in [-0.2, -0.15) is 0 Å². The molecule has 0 spiro atoms. The highest BCUT2D eigenvalue weighted by atomic mass is 16.1. The molecule has 3 rings (SSSR count). The van der Waals surface area contributed by atoms with Crippen molar-refractivity contribution < 1.29 is 4.79 Å². The number of fused-ring (bicyclic) bond motifs is 1. The highest BCUT2D eigenvalue weighted by Gasteiger charge is 2.23. The van der Waals surface area contributed by atoms with E-state index in [1.807, 2.05) is 6.07 Å². The van der Waals surface area contributed by atoms with Crippen LogP contribution in [0.25, 0.3) is 0 Å². The molecule has 2 aliphatic rings. The van der Waals surface area contributed by atoms with Crippen LogP contribution in [-0.4, -0.2) is 12.5 Å². The van der Waals surface area contributed by atoms with Crippen LogP contribution < -0.4 is 16.4 Å². The van der Waals surface area contributed by atoms with Gasteiger partial charge in [0.2, 0.25) is 5.91 Å². The fourth-order valence-electron chi connectivity index (χ4n) is 3.36. The number of nitrogens with one attached hydrogen (secondary N) is 2. The maximum absolute atomic E-state index is 11.4. The summed E-state index contributed by atoms with van der Waals surface area (Å²) in [6.45, 7) is 3.33. The van der Waals surface area contributed by atoms with Gasteiger partial charge in [0.15, 0.2) is 0 Å². The number of carbonyl (C=O) groups is 1. The summed E-state index contributed by atoms with van der Waals surface area (Å²) in [5.74, 6) is 1.64. The lowest BCUT2D eigenvalue weighted by molar-refractivity contribution is -0.116. The number of hydrogen-bond donors (Lipinski definition) is 3. The summed E-state index contributed by atoms with van der Waals surface area (Å²) in [6, 6.07) is 3.98. The highest BCUT2D eigenvalue weighted by Crippen LogP contribution is 2.34. The van der Waals surface area contributed by atoms with Crippen LogP contribution >= 0.6 is 0 Å². The first kappa shape index (κ1) is 13.3. The molecule has 1 heterocycles. The number of hydrogen-bond acceptors (Lipinski definition) is 3. The van der Waals surface area contributed by atoms with Gasteiger partial charge in [0.05, 0.1) is 11.4 Å². The van der Waals surface area contributed by atoms with E-state index in [4.69, 9.17) is 5.73 Å². The quantitative estimate of drug-likeness (QED) is 0.742. The number of anilines is 3. The molecular weight excluding hydrogens is 250 g/mol. The van der Waals surface area contributed by atoms with E-state index >= 15 is 0 Å². The third-order valence-electron chi connectivity index (χ3n) is 4.76. The Bertz CT molecular complexity index is 527. The van der Waals surface area contributed by atoms with E-state index in [1.165, 1.54) is 24.8 Å². The summed E-state index contributed by atoms with van der Waals surface area (Å²) < 4.78 is 0. The minimum absolute atomic E-state index is 0.0809. The van der Waals surface area contributed by atoms with E-state index in [0.29, 0.717) is 6.42 Å². The van der Waals surface area contributed by atoms with Crippen molar-refractivity contribution in [2.75, 3.05) is 22.9 Å². The molecule has 1 fully saturated rings. The zero-order valence-electron chi connectivity index (χ0n) is 12.0. The van der Waals surface area contributed by atoms with Gasteiger partial charge in [-0.3, -0.25) is 4.79 Å². The monoisotopic (exact) mass is 273 g/mol. The lowest BCUT2D eigenvalue weighted by Crippen LogP contribution is -2.20. The van der Waals surface area contributed by atoms with Crippen LogP contribution in [0.3, 0.4) is 0 Å². The molecule has 0 saturated heterocycles. The van der Waals surface area contributed by atoms with E-state index in [-0.39, 0.29) is 5.91 Å². The van der Waals surface area contributed by atoms with Gasteiger partial charge in [-0.15, -0.1) is 0 Å². The van der Waals surface area contributed by atoms with Crippen molar-refractivity contribution in [1.82, 2.24) is 0 Å². The van der Waals surface area contributed by atoms with Crippen molar-refractivity contribution in [3.63, 3.8) is 0 Å². The summed E-state index contributed by atoms with van der Waals surface area (Å²) in [7, 11) is 0. The Labute approximate surface area is 120 Å². The molecule has 4 nitrogen and oxygen atoms in total. The number of rotatable bonds is 3. The molecule has 4 N–H and O–H groups in total. The van der Waals surface area contributed by atoms with Crippen LogP contribution in [0.2, 0.25) is 0 Å². The largest absolute Gasteiger partial charge is 0.397 e. The second-order valence-corrected chi connectivity index (χ2v) is 6.19. The Morgan fingerprint density at radius 1 is 1.35 bits per heavy atom. The standard InChI is InChI=1S/C16H23N3O/c1-10-3-2-4-12(10)9-18-15-7-11-5-6-16(20)19-14(11)8-13(15)17/h7-8,10,12,18H,2-6,9,17H2,1H3,(H,19,20). The van der Waals surface area contributed by atoms with Gasteiger partial charge in [-0.05, 0) is 42.4 Å². The average molecular weight is 273 g/mol. The van der Waals surface area contributed by atoms with Crippen LogP contribution in [0.5, 0.6) is 0 Å². The van der Waals surface area contributed by atoms with Gasteiger partial charge < -0.3 is 16.4 Å². The second kappa shape index (κ2) is 5.35. The number of benzene rings is 1. The van der Waals surface area contributed by atoms with Crippen molar-refractivity contribution in [2.24, 2.45) is 11.8 Å². The summed E-state index contributed by atoms with van der Waals surface area (Å²) in [4.78, 5) is 11.4. The molecule has 2 atom stereocenters. The molecule has 0 bridgehead atoms. The fourth-order valence-corrected chi connectivity index (χ4v) is 3.36. The van der Waals surface area contributed by atoms with E-state index < -0.39 is 0 Å². The topological polar surface area (TPSA) is 67.2 Å². The molecule has 1 aliphatic carbocycles. The Kier molecular flexibility index (Phi) is 3.55. The first-order valence-electron chi connectivity index (χ1n) is 7.59. The number of carbonyl (C=O) groups excluding carboxylic acids is 1. The molecule has 4 heteroatoms. The minimum atomic E-state index is 0.0809. The second-order valence-electron chi connectivity index (χ2n) is 6.19. The number of nitrogens with two attached hydrogens (primary N) is 1. The van der Waals surface area contributed by atoms with Gasteiger partial charge in [-0.1, -0.05) is 19.8 Å². The first-order chi connectivity index (χ1) is 9.63. The van der Waals surface area contributed by atoms with Crippen molar-refractivity contribution in [2.45, 2.75) is 39.0 Å². The molecule has 1 amide bonds. The van der Waals surface area contributed by atoms with Gasteiger partial charge in [-0.25, -0.2) is 0 Å². The van der Waals surface area contributed by atoms with Gasteiger partial charge >= 0.3 is 0 Å². The maximum Gasteiger partial charge on any atom is 0.224 e. The molecular formula is C16H23N3O. The third kappa shape index (κ3) is 2.60. The normalized spacial score (nSPS) is 25.1. The lowest BCUT2D eigenvalue weighted by Gasteiger charge is -2.21. The van der Waals surface area contributed by atoms with E-state index in [2.05, 4.69) is 23.6 Å². The zero-order valence-corrected chi connectivity index (χ0v) is 12.0. The van der Waals surface area contributed by atoms with Crippen LogP contribution in [-0.2, 0) is 11.2 Å². The number of amides is 1. The van der Waals surface area contributed by atoms with Crippen molar-refractivity contribution in [3.05, 3.63) is 17.7 Å². The van der Waals surface area contributed by atoms with E-state index in [9.17, 15) is 4.79 Å². The van der Waals surface area contributed by atoms with Crippen molar-refractivity contribution >= 4 is 23.0 Å². The zero-order chi connectivity index (χ0) is 14.1. The molecule has 1 aromatic rings. The van der Waals surface area contributed by atoms with Crippen molar-refractivity contribution in [1.29, 1.82) is 0 Å². The lowest BCUT2D eigenvalue weighted by atomic mass is 9.97. The highest BCUT2D eigenvalue weighted by molar-refractivity contribution is 5.95. The molecule has 20 heavy (non-hydrogen) atoms. The Morgan fingerprint density at radius 3 is 2.95 bits per heavy atom.